The number of hydrogen-bond donors (Lipinski definition) is 1. The molecule has 0 amide bonds. The van der Waals surface area contributed by atoms with E-state index in [2.05, 4.69) is 33.3 Å². The van der Waals surface area contributed by atoms with Crippen LogP contribution in [0.2, 0.25) is 0 Å². The number of rotatable bonds is 7. The van der Waals surface area contributed by atoms with Crippen molar-refractivity contribution in [2.45, 2.75) is 6.61 Å². The predicted molar refractivity (Wildman–Crippen MR) is 93.4 cm³/mol. The molecule has 0 aromatic heterocycles. The highest BCUT2D eigenvalue weighted by Gasteiger charge is 2.27. The third kappa shape index (κ3) is 3.94. The minimum Gasteiger partial charge on any atom is -0.489 e. The van der Waals surface area contributed by atoms with Gasteiger partial charge in [0.15, 0.2) is 0 Å². The van der Waals surface area contributed by atoms with Gasteiger partial charge in [0, 0.05) is 19.6 Å². The number of nitrogens with zero attached hydrogens (tertiary/aromatic N) is 3. The van der Waals surface area contributed by atoms with E-state index < -0.39 is 0 Å². The molecule has 0 spiro atoms. The van der Waals surface area contributed by atoms with Gasteiger partial charge >= 0.3 is 0 Å². The molecule has 0 radical (unpaired) electrons. The van der Waals surface area contributed by atoms with Crippen LogP contribution in [-0.2, 0) is 11.3 Å². The summed E-state index contributed by atoms with van der Waals surface area (Å²) in [5.74, 6) is 0.986. The average Bonchev–Trinajstić information content (AvgIpc) is 2.96. The van der Waals surface area contributed by atoms with Crippen molar-refractivity contribution in [2.24, 2.45) is 21.9 Å². The van der Waals surface area contributed by atoms with Gasteiger partial charge in [-0.2, -0.15) is 10.2 Å². The van der Waals surface area contributed by atoms with Gasteiger partial charge in [-0.15, -0.1) is 0 Å². The molecule has 5 heteroatoms. The van der Waals surface area contributed by atoms with Crippen LogP contribution in [0.4, 0.5) is 0 Å². The number of benzene rings is 1. The van der Waals surface area contributed by atoms with Crippen molar-refractivity contribution in [3.05, 3.63) is 59.9 Å². The number of likely N-dealkylation sites (N-methyl/N-ethyl adjacent to an activating group) is 1. The average molecular weight is 310 g/mol. The maximum absolute atomic E-state index is 5.91. The quantitative estimate of drug-likeness (QED) is 0.837. The Morgan fingerprint density at radius 2 is 2.00 bits per heavy atom. The minimum absolute atomic E-state index is 0.117. The van der Waals surface area contributed by atoms with E-state index in [1.807, 2.05) is 37.4 Å². The molecule has 0 saturated carbocycles. The monoisotopic (exact) mass is 310 g/mol. The normalized spacial score (nSPS) is 19.3. The third-order valence-corrected chi connectivity index (χ3v) is 3.91. The van der Waals surface area contributed by atoms with Crippen molar-refractivity contribution < 1.29 is 4.74 Å². The lowest BCUT2D eigenvalue weighted by molar-refractivity contribution is 0.209. The van der Waals surface area contributed by atoms with E-state index in [4.69, 9.17) is 10.5 Å². The minimum atomic E-state index is 0.117. The third-order valence-electron chi connectivity index (χ3n) is 3.91. The van der Waals surface area contributed by atoms with Gasteiger partial charge in [0.1, 0.15) is 12.4 Å². The number of ether oxygens (including phenoxy) is 1. The maximum atomic E-state index is 5.91. The summed E-state index contributed by atoms with van der Waals surface area (Å²) < 4.78 is 5.91. The zero-order valence-electron chi connectivity index (χ0n) is 13.4. The number of allylic oxidation sites excluding steroid dienone is 3. The molecule has 1 aromatic carbocycles. The molecule has 1 aliphatic heterocycles. The zero-order valence-corrected chi connectivity index (χ0v) is 13.4. The fourth-order valence-electron chi connectivity index (χ4n) is 2.67. The molecule has 0 fully saturated rings. The SMILES string of the molecule is CN(CCN)CC1=NN=C2C=CC(OCc3ccccc3)=CC21. The second-order valence-corrected chi connectivity index (χ2v) is 5.80. The highest BCUT2D eigenvalue weighted by Crippen LogP contribution is 2.23. The van der Waals surface area contributed by atoms with E-state index in [0.29, 0.717) is 13.2 Å². The zero-order chi connectivity index (χ0) is 16.1. The number of fused-ring (bicyclic) bond motifs is 1. The molecule has 2 N–H and O–H groups in total. The van der Waals surface area contributed by atoms with Crippen molar-refractivity contribution in [3.8, 4) is 0 Å². The van der Waals surface area contributed by atoms with Crippen LogP contribution in [0.1, 0.15) is 5.56 Å². The van der Waals surface area contributed by atoms with Crippen molar-refractivity contribution in [1.82, 2.24) is 4.90 Å². The summed E-state index contributed by atoms with van der Waals surface area (Å²) in [4.78, 5) is 2.16. The molecular weight excluding hydrogens is 288 g/mol. The van der Waals surface area contributed by atoms with E-state index >= 15 is 0 Å². The maximum Gasteiger partial charge on any atom is 0.116 e. The molecule has 23 heavy (non-hydrogen) atoms. The summed E-state index contributed by atoms with van der Waals surface area (Å²) in [6.45, 7) is 2.82. The van der Waals surface area contributed by atoms with Crippen LogP contribution in [0.15, 0.2) is 64.5 Å². The largest absolute Gasteiger partial charge is 0.489 e. The Labute approximate surface area is 136 Å². The van der Waals surface area contributed by atoms with Crippen LogP contribution in [0.5, 0.6) is 0 Å². The van der Waals surface area contributed by atoms with Crippen LogP contribution >= 0.6 is 0 Å². The summed E-state index contributed by atoms with van der Waals surface area (Å²) >= 11 is 0. The standard InChI is InChI=1S/C18H22N4O/c1-22(10-9-19)12-18-16-11-15(7-8-17(16)20-21-18)23-13-14-5-3-2-4-6-14/h2-8,11,16H,9-10,12-13,19H2,1H3. The fraction of sp³-hybridized carbons (Fsp3) is 0.333. The van der Waals surface area contributed by atoms with E-state index in [9.17, 15) is 0 Å². The first kappa shape index (κ1) is 15.6. The number of nitrogens with two attached hydrogens (primary N) is 1. The van der Waals surface area contributed by atoms with E-state index in [-0.39, 0.29) is 5.92 Å². The van der Waals surface area contributed by atoms with Gasteiger partial charge in [-0.1, -0.05) is 30.3 Å². The summed E-state index contributed by atoms with van der Waals surface area (Å²) in [5.41, 5.74) is 8.78. The molecule has 5 nitrogen and oxygen atoms in total. The van der Waals surface area contributed by atoms with Crippen LogP contribution in [-0.4, -0.2) is 43.0 Å². The Morgan fingerprint density at radius 1 is 1.17 bits per heavy atom. The molecule has 120 valence electrons. The first-order valence-electron chi connectivity index (χ1n) is 7.86. The lowest BCUT2D eigenvalue weighted by Crippen LogP contribution is -2.34. The lowest BCUT2D eigenvalue weighted by atomic mass is 9.93. The molecule has 1 unspecified atom stereocenters. The van der Waals surface area contributed by atoms with Crippen molar-refractivity contribution in [3.63, 3.8) is 0 Å². The molecule has 1 aliphatic carbocycles. The first-order chi connectivity index (χ1) is 11.3. The summed E-state index contributed by atoms with van der Waals surface area (Å²) in [7, 11) is 2.04. The van der Waals surface area contributed by atoms with Crippen LogP contribution in [0.3, 0.4) is 0 Å². The molecule has 2 aliphatic rings. The van der Waals surface area contributed by atoms with Gasteiger partial charge in [-0.3, -0.25) is 4.90 Å². The summed E-state index contributed by atoms with van der Waals surface area (Å²) in [6.07, 6.45) is 6.05. The summed E-state index contributed by atoms with van der Waals surface area (Å²) in [5, 5.41) is 8.59. The van der Waals surface area contributed by atoms with Gasteiger partial charge in [0.2, 0.25) is 0 Å². The highest BCUT2D eigenvalue weighted by molar-refractivity contribution is 6.17. The van der Waals surface area contributed by atoms with Gasteiger partial charge in [0.25, 0.3) is 0 Å². The van der Waals surface area contributed by atoms with Crippen LogP contribution in [0.25, 0.3) is 0 Å². The second-order valence-electron chi connectivity index (χ2n) is 5.80. The Bertz CT molecular complexity index is 661. The first-order valence-corrected chi connectivity index (χ1v) is 7.86. The lowest BCUT2D eigenvalue weighted by Gasteiger charge is -2.20. The van der Waals surface area contributed by atoms with Crippen molar-refractivity contribution in [2.75, 3.05) is 26.7 Å². The Morgan fingerprint density at radius 3 is 2.78 bits per heavy atom. The van der Waals surface area contributed by atoms with Gasteiger partial charge in [0.05, 0.1) is 17.3 Å². The van der Waals surface area contributed by atoms with E-state index in [0.717, 1.165) is 35.8 Å². The Balaban J connectivity index is 1.62. The summed E-state index contributed by atoms with van der Waals surface area (Å²) in [6, 6.07) is 10.2. The van der Waals surface area contributed by atoms with E-state index in [1.54, 1.807) is 0 Å². The topological polar surface area (TPSA) is 63.2 Å². The Hall–Kier alpha value is -2.24. The van der Waals surface area contributed by atoms with E-state index in [1.165, 1.54) is 0 Å². The molecule has 1 atom stereocenters. The molecule has 1 aromatic rings. The van der Waals surface area contributed by atoms with Gasteiger partial charge in [-0.25, -0.2) is 0 Å². The molecule has 0 bridgehead atoms. The van der Waals surface area contributed by atoms with Crippen LogP contribution < -0.4 is 5.73 Å². The van der Waals surface area contributed by atoms with Gasteiger partial charge in [-0.05, 0) is 30.8 Å². The molecular formula is C18H22N4O. The molecule has 3 rings (SSSR count). The van der Waals surface area contributed by atoms with Crippen molar-refractivity contribution in [1.29, 1.82) is 0 Å². The fourth-order valence-corrected chi connectivity index (χ4v) is 2.67. The predicted octanol–water partition coefficient (Wildman–Crippen LogP) is 1.97. The van der Waals surface area contributed by atoms with Gasteiger partial charge < -0.3 is 10.5 Å². The van der Waals surface area contributed by atoms with Crippen LogP contribution in [0, 0.1) is 5.92 Å². The molecule has 1 heterocycles. The molecule has 0 saturated heterocycles. The highest BCUT2D eigenvalue weighted by atomic mass is 16.5. The number of hydrogen-bond acceptors (Lipinski definition) is 5. The smallest absolute Gasteiger partial charge is 0.116 e. The Kier molecular flexibility index (Phi) is 5.00. The second kappa shape index (κ2) is 7.35. The van der Waals surface area contributed by atoms with Crippen molar-refractivity contribution >= 4 is 11.4 Å².